The summed E-state index contributed by atoms with van der Waals surface area (Å²) in [6.07, 6.45) is 0.726. The van der Waals surface area contributed by atoms with Gasteiger partial charge in [0.2, 0.25) is 0 Å². The first-order chi connectivity index (χ1) is 13.0. The van der Waals surface area contributed by atoms with Gasteiger partial charge < -0.3 is 5.73 Å². The Hall–Kier alpha value is -3.18. The van der Waals surface area contributed by atoms with Crippen molar-refractivity contribution in [3.8, 4) is 5.69 Å². The Morgan fingerprint density at radius 1 is 1.00 bits per heavy atom. The number of hydrogen-bond acceptors (Lipinski definition) is 4. The van der Waals surface area contributed by atoms with Gasteiger partial charge in [0, 0.05) is 16.8 Å². The van der Waals surface area contributed by atoms with Crippen LogP contribution in [-0.4, -0.2) is 21.1 Å². The summed E-state index contributed by atoms with van der Waals surface area (Å²) >= 11 is 6.03. The Morgan fingerprint density at radius 3 is 2.41 bits per heavy atom. The minimum absolute atomic E-state index is 0.355. The zero-order valence-corrected chi connectivity index (χ0v) is 15.8. The summed E-state index contributed by atoms with van der Waals surface area (Å²) in [4.78, 5) is 15.1. The van der Waals surface area contributed by atoms with Gasteiger partial charge in [-0.3, -0.25) is 9.78 Å². The highest BCUT2D eigenvalue weighted by Crippen LogP contribution is 2.21. The van der Waals surface area contributed by atoms with Crippen LogP contribution in [0.5, 0.6) is 0 Å². The summed E-state index contributed by atoms with van der Waals surface area (Å²) in [5.74, 6) is 0. The van der Waals surface area contributed by atoms with Gasteiger partial charge in [-0.15, -0.1) is 0 Å². The molecular weight excluding hydrogens is 360 g/mol. The second kappa shape index (κ2) is 8.01. The van der Waals surface area contributed by atoms with Gasteiger partial charge in [-0.2, -0.15) is 5.10 Å². The van der Waals surface area contributed by atoms with Crippen molar-refractivity contribution in [3.63, 3.8) is 0 Å². The fourth-order valence-corrected chi connectivity index (χ4v) is 2.98. The lowest BCUT2D eigenvalue weighted by Gasteiger charge is -2.01. The molecule has 2 heterocycles. The number of nitrogens with two attached hydrogens (primary N) is 1. The smallest absolute Gasteiger partial charge is 0.155 e. The van der Waals surface area contributed by atoms with E-state index in [4.69, 9.17) is 17.3 Å². The lowest BCUT2D eigenvalue weighted by Crippen LogP contribution is -1.95. The van der Waals surface area contributed by atoms with E-state index in [1.165, 1.54) is 0 Å². The van der Waals surface area contributed by atoms with Crippen LogP contribution in [0.3, 0.4) is 0 Å². The van der Waals surface area contributed by atoms with Crippen LogP contribution in [-0.2, 0) is 0 Å². The van der Waals surface area contributed by atoms with Gasteiger partial charge >= 0.3 is 0 Å². The van der Waals surface area contributed by atoms with E-state index < -0.39 is 0 Å². The molecule has 0 amide bonds. The maximum absolute atomic E-state index is 10.8. The third-order valence-electron chi connectivity index (χ3n) is 4.07. The lowest BCUT2D eigenvalue weighted by atomic mass is 10.2. The number of anilines is 1. The van der Waals surface area contributed by atoms with Crippen LogP contribution in [0, 0.1) is 13.8 Å². The number of carbonyl (C=O) groups excluding carboxylic acids is 1. The maximum atomic E-state index is 10.8. The minimum atomic E-state index is 0.355. The molecule has 0 unspecified atom stereocenters. The molecule has 6 heteroatoms. The first-order valence-corrected chi connectivity index (χ1v) is 8.76. The summed E-state index contributed by atoms with van der Waals surface area (Å²) in [6.45, 7) is 3.73. The normalized spacial score (nSPS) is 10.3. The van der Waals surface area contributed by atoms with Crippen molar-refractivity contribution < 1.29 is 4.79 Å². The summed E-state index contributed by atoms with van der Waals surface area (Å²) < 4.78 is 1.56. The average Bonchev–Trinajstić information content (AvgIpc) is 2.96. The van der Waals surface area contributed by atoms with Gasteiger partial charge in [-0.1, -0.05) is 35.9 Å². The molecule has 0 atom stereocenters. The minimum Gasteiger partial charge on any atom is -0.398 e. The molecule has 0 aliphatic carbocycles. The van der Waals surface area contributed by atoms with E-state index in [9.17, 15) is 4.79 Å². The number of nitrogens with zero attached hydrogens (tertiary/aromatic N) is 3. The third-order valence-corrected chi connectivity index (χ3v) is 4.44. The van der Waals surface area contributed by atoms with Crippen LogP contribution in [0.1, 0.15) is 21.7 Å². The monoisotopic (exact) mass is 378 g/mol. The number of pyridine rings is 1. The molecule has 136 valence electrons. The molecule has 2 aromatic carbocycles. The molecule has 0 saturated carbocycles. The Balaban J connectivity index is 0.000000159. The van der Waals surface area contributed by atoms with E-state index >= 15 is 0 Å². The fourth-order valence-electron chi connectivity index (χ4n) is 2.67. The number of benzene rings is 2. The molecule has 2 N–H and O–H groups in total. The number of rotatable bonds is 2. The Morgan fingerprint density at radius 2 is 1.74 bits per heavy atom. The van der Waals surface area contributed by atoms with Crippen LogP contribution in [0.25, 0.3) is 16.6 Å². The molecule has 4 aromatic rings. The zero-order chi connectivity index (χ0) is 19.4. The van der Waals surface area contributed by atoms with E-state index in [2.05, 4.69) is 10.1 Å². The van der Waals surface area contributed by atoms with Crippen molar-refractivity contribution in [2.75, 3.05) is 5.73 Å². The number of halogens is 1. The number of nitrogen functional groups attached to an aromatic ring is 1. The predicted octanol–water partition coefficient (Wildman–Crippen LogP) is 4.77. The molecule has 5 nitrogen and oxygen atoms in total. The molecule has 0 aliphatic rings. The Kier molecular flexibility index (Phi) is 5.52. The van der Waals surface area contributed by atoms with Gasteiger partial charge in [-0.25, -0.2) is 4.68 Å². The molecule has 0 saturated heterocycles. The number of hydrogen-bond donors (Lipinski definition) is 1. The highest BCUT2D eigenvalue weighted by Gasteiger charge is 2.13. The second-order valence-electron chi connectivity index (χ2n) is 6.02. The molecule has 0 aliphatic heterocycles. The molecule has 2 aromatic heterocycles. The second-order valence-corrected chi connectivity index (χ2v) is 6.38. The third kappa shape index (κ3) is 3.99. The van der Waals surface area contributed by atoms with Crippen molar-refractivity contribution in [3.05, 3.63) is 82.8 Å². The Bertz CT molecular complexity index is 1090. The molecule has 0 bridgehead atoms. The number of fused-ring (bicyclic) bond motifs is 1. The number of carbonyl (C=O) groups is 1. The quantitative estimate of drug-likeness (QED) is 0.402. The Labute approximate surface area is 162 Å². The van der Waals surface area contributed by atoms with Gasteiger partial charge in [0.15, 0.2) is 6.29 Å². The maximum Gasteiger partial charge on any atom is 0.155 e. The molecule has 4 rings (SSSR count). The van der Waals surface area contributed by atoms with E-state index in [1.54, 1.807) is 11.6 Å². The number of aldehydes is 1. The summed E-state index contributed by atoms with van der Waals surface area (Å²) in [5.41, 5.74) is 10.5. The van der Waals surface area contributed by atoms with Crippen LogP contribution in [0.15, 0.2) is 60.7 Å². The zero-order valence-electron chi connectivity index (χ0n) is 15.1. The topological polar surface area (TPSA) is 73.8 Å². The molecule has 0 fully saturated rings. The highest BCUT2D eigenvalue weighted by atomic mass is 35.5. The number of aryl methyl sites for hydroxylation is 2. The fraction of sp³-hybridized carbons (Fsp3) is 0.0952. The summed E-state index contributed by atoms with van der Waals surface area (Å²) in [5, 5.41) is 5.59. The first-order valence-electron chi connectivity index (χ1n) is 8.39. The van der Waals surface area contributed by atoms with Crippen molar-refractivity contribution in [2.24, 2.45) is 0 Å². The molecular formula is C21H19ClN4O. The lowest BCUT2D eigenvalue weighted by molar-refractivity contribution is 0.112. The highest BCUT2D eigenvalue weighted by molar-refractivity contribution is 6.32. The molecule has 27 heavy (non-hydrogen) atoms. The van der Waals surface area contributed by atoms with E-state index in [1.807, 2.05) is 67.6 Å². The van der Waals surface area contributed by atoms with Crippen molar-refractivity contribution in [2.45, 2.75) is 13.8 Å². The molecule has 0 spiro atoms. The van der Waals surface area contributed by atoms with Crippen LogP contribution in [0.4, 0.5) is 5.69 Å². The van der Waals surface area contributed by atoms with Crippen molar-refractivity contribution in [1.82, 2.24) is 14.8 Å². The number of para-hydroxylation sites is 1. The van der Waals surface area contributed by atoms with Gasteiger partial charge in [0.25, 0.3) is 0 Å². The largest absolute Gasteiger partial charge is 0.398 e. The van der Waals surface area contributed by atoms with Crippen LogP contribution < -0.4 is 5.73 Å². The standard InChI is InChI=1S/C11H9ClN2O.C10H10N2/c1-8-10(7-15)11(12)14(13-8)9-5-3-2-4-6-9;1-7-5-6-8-9(11)3-2-4-10(8)12-7/h2-7H,1H3;2-6H,11H2,1H3. The van der Waals surface area contributed by atoms with Crippen molar-refractivity contribution >= 4 is 34.5 Å². The van der Waals surface area contributed by atoms with Gasteiger partial charge in [-0.05, 0) is 50.2 Å². The van der Waals surface area contributed by atoms with Crippen LogP contribution in [0.2, 0.25) is 5.15 Å². The predicted molar refractivity (Wildman–Crippen MR) is 110 cm³/mol. The van der Waals surface area contributed by atoms with E-state index in [-0.39, 0.29) is 0 Å². The number of aromatic nitrogens is 3. The van der Waals surface area contributed by atoms with Crippen molar-refractivity contribution in [1.29, 1.82) is 0 Å². The van der Waals surface area contributed by atoms with E-state index in [0.29, 0.717) is 16.4 Å². The summed E-state index contributed by atoms with van der Waals surface area (Å²) in [6, 6.07) is 19.2. The van der Waals surface area contributed by atoms with Gasteiger partial charge in [0.05, 0.1) is 22.5 Å². The van der Waals surface area contributed by atoms with Gasteiger partial charge in [0.1, 0.15) is 5.15 Å². The van der Waals surface area contributed by atoms with Crippen LogP contribution >= 0.6 is 11.6 Å². The molecule has 0 radical (unpaired) electrons. The summed E-state index contributed by atoms with van der Waals surface area (Å²) in [7, 11) is 0. The van der Waals surface area contributed by atoms with E-state index in [0.717, 1.165) is 34.3 Å². The first kappa shape index (κ1) is 18.6. The SMILES string of the molecule is Cc1ccc2c(N)cccc2n1.Cc1nn(-c2ccccc2)c(Cl)c1C=O. The average molecular weight is 379 g/mol.